The first-order chi connectivity index (χ1) is 6.34. The average molecular weight is 178 g/mol. The van der Waals surface area contributed by atoms with Crippen molar-refractivity contribution in [1.82, 2.24) is 24.9 Å². The molecular weight excluding hydrogens is 168 g/mol. The monoisotopic (exact) mass is 178 g/mol. The molecule has 0 aromatic carbocycles. The van der Waals surface area contributed by atoms with Crippen LogP contribution in [0.5, 0.6) is 0 Å². The van der Waals surface area contributed by atoms with E-state index in [-0.39, 0.29) is 0 Å². The Labute approximate surface area is 75.1 Å². The lowest BCUT2D eigenvalue weighted by molar-refractivity contribution is 0.627. The van der Waals surface area contributed by atoms with Crippen molar-refractivity contribution in [3.05, 3.63) is 30.4 Å². The first-order valence-electron chi connectivity index (χ1n) is 3.94. The van der Waals surface area contributed by atoms with Gasteiger partial charge in [-0.1, -0.05) is 0 Å². The van der Waals surface area contributed by atoms with Crippen LogP contribution in [0.4, 0.5) is 0 Å². The Bertz CT molecular complexity index is 362. The summed E-state index contributed by atoms with van der Waals surface area (Å²) in [6.07, 6.45) is 3.83. The van der Waals surface area contributed by atoms with E-state index in [9.17, 15) is 0 Å². The highest BCUT2D eigenvalue weighted by molar-refractivity contribution is 4.94. The van der Waals surface area contributed by atoms with Gasteiger partial charge < -0.3 is 5.43 Å². The van der Waals surface area contributed by atoms with Crippen molar-refractivity contribution in [2.45, 2.75) is 6.54 Å². The van der Waals surface area contributed by atoms with Crippen LogP contribution in [-0.4, -0.2) is 24.9 Å². The molecule has 0 fully saturated rings. The minimum Gasteiger partial charge on any atom is -0.319 e. The summed E-state index contributed by atoms with van der Waals surface area (Å²) in [5.41, 5.74) is 3.09. The second-order valence-electron chi connectivity index (χ2n) is 2.62. The summed E-state index contributed by atoms with van der Waals surface area (Å²) in [5, 5.41) is 11.6. The molecule has 2 aromatic rings. The van der Waals surface area contributed by atoms with Crippen molar-refractivity contribution in [2.24, 2.45) is 7.05 Å². The molecular formula is C7H10N6. The van der Waals surface area contributed by atoms with Crippen LogP contribution in [0.3, 0.4) is 0 Å². The fraction of sp³-hybridized carbons (Fsp3) is 0.286. The molecule has 1 N–H and O–H groups in total. The molecule has 0 atom stereocenters. The molecule has 0 radical (unpaired) electrons. The summed E-state index contributed by atoms with van der Waals surface area (Å²) in [7, 11) is 1.74. The minimum atomic E-state index is 0.572. The molecule has 2 rings (SSSR count). The summed E-state index contributed by atoms with van der Waals surface area (Å²) >= 11 is 0. The summed E-state index contributed by atoms with van der Waals surface area (Å²) in [4.78, 5) is 1.44. The van der Waals surface area contributed by atoms with Crippen LogP contribution in [0, 0.1) is 0 Å². The number of nitrogens with zero attached hydrogens (tertiary/aromatic N) is 5. The largest absolute Gasteiger partial charge is 0.319 e. The summed E-state index contributed by atoms with van der Waals surface area (Å²) in [6.45, 7) is 0.572. The number of tetrazole rings is 1. The number of hydrogen-bond acceptors (Lipinski definition) is 4. The average Bonchev–Trinajstić information content (AvgIpc) is 2.71. The normalized spacial score (nSPS) is 10.2. The quantitative estimate of drug-likeness (QED) is 0.704. The molecule has 0 aliphatic heterocycles. The lowest BCUT2D eigenvalue weighted by atomic mass is 10.6. The first-order valence-corrected chi connectivity index (χ1v) is 3.94. The standard InChI is InChI=1S/C7H10N6/c1-12-10-7(9-11-12)6-8-13-4-2-3-5-13/h2-5,8H,6H2,1H3. The van der Waals surface area contributed by atoms with Crippen LogP contribution < -0.4 is 5.43 Å². The van der Waals surface area contributed by atoms with E-state index in [1.165, 1.54) is 4.80 Å². The molecule has 0 bridgehead atoms. The van der Waals surface area contributed by atoms with E-state index in [0.29, 0.717) is 12.4 Å². The maximum absolute atomic E-state index is 4.03. The minimum absolute atomic E-state index is 0.572. The van der Waals surface area contributed by atoms with Crippen LogP contribution in [0.2, 0.25) is 0 Å². The van der Waals surface area contributed by atoms with Crippen molar-refractivity contribution in [2.75, 3.05) is 5.43 Å². The number of rotatable bonds is 3. The third kappa shape index (κ3) is 1.84. The van der Waals surface area contributed by atoms with E-state index in [4.69, 9.17) is 0 Å². The van der Waals surface area contributed by atoms with Gasteiger partial charge in [0.05, 0.1) is 13.6 Å². The summed E-state index contributed by atoms with van der Waals surface area (Å²) < 4.78 is 1.84. The molecule has 13 heavy (non-hydrogen) atoms. The number of hydrogen-bond donors (Lipinski definition) is 1. The molecule has 0 amide bonds. The Morgan fingerprint density at radius 2 is 2.15 bits per heavy atom. The predicted octanol–water partition coefficient (Wildman–Crippen LogP) is -0.245. The molecule has 0 saturated carbocycles. The van der Waals surface area contributed by atoms with Gasteiger partial charge in [-0.25, -0.2) is 0 Å². The third-order valence-corrected chi connectivity index (χ3v) is 1.57. The molecule has 0 spiro atoms. The van der Waals surface area contributed by atoms with Gasteiger partial charge in [0.1, 0.15) is 0 Å². The molecule has 2 aromatic heterocycles. The van der Waals surface area contributed by atoms with Gasteiger partial charge in [-0.2, -0.15) is 4.80 Å². The maximum Gasteiger partial charge on any atom is 0.195 e. The van der Waals surface area contributed by atoms with Crippen LogP contribution in [0.15, 0.2) is 24.5 Å². The molecule has 68 valence electrons. The van der Waals surface area contributed by atoms with Crippen molar-refractivity contribution < 1.29 is 0 Å². The highest BCUT2D eigenvalue weighted by atomic mass is 15.6. The number of nitrogens with one attached hydrogen (secondary N) is 1. The molecule has 0 unspecified atom stereocenters. The Balaban J connectivity index is 1.93. The van der Waals surface area contributed by atoms with Gasteiger partial charge in [0.2, 0.25) is 0 Å². The fourth-order valence-electron chi connectivity index (χ4n) is 0.996. The molecule has 6 nitrogen and oxygen atoms in total. The third-order valence-electron chi connectivity index (χ3n) is 1.57. The second-order valence-corrected chi connectivity index (χ2v) is 2.62. The predicted molar refractivity (Wildman–Crippen MR) is 46.3 cm³/mol. The van der Waals surface area contributed by atoms with E-state index >= 15 is 0 Å². The number of aryl methyl sites for hydroxylation is 1. The first kappa shape index (κ1) is 7.78. The zero-order valence-electron chi connectivity index (χ0n) is 7.25. The van der Waals surface area contributed by atoms with E-state index in [2.05, 4.69) is 20.8 Å². The Hall–Kier alpha value is -1.85. The van der Waals surface area contributed by atoms with Crippen LogP contribution in [-0.2, 0) is 13.6 Å². The van der Waals surface area contributed by atoms with Crippen LogP contribution >= 0.6 is 0 Å². The lowest BCUT2D eigenvalue weighted by Gasteiger charge is -2.02. The second kappa shape index (κ2) is 3.26. The molecule has 2 heterocycles. The maximum atomic E-state index is 4.03. The molecule has 6 heteroatoms. The highest BCUT2D eigenvalue weighted by Crippen LogP contribution is 1.89. The van der Waals surface area contributed by atoms with E-state index < -0.39 is 0 Å². The van der Waals surface area contributed by atoms with Crippen molar-refractivity contribution in [3.8, 4) is 0 Å². The topological polar surface area (TPSA) is 60.6 Å². The molecule has 0 saturated heterocycles. The fourth-order valence-corrected chi connectivity index (χ4v) is 0.996. The Morgan fingerprint density at radius 3 is 2.77 bits per heavy atom. The van der Waals surface area contributed by atoms with Gasteiger partial charge in [0.25, 0.3) is 0 Å². The van der Waals surface area contributed by atoms with Crippen molar-refractivity contribution >= 4 is 0 Å². The molecule has 0 aliphatic rings. The van der Waals surface area contributed by atoms with Crippen LogP contribution in [0.25, 0.3) is 0 Å². The van der Waals surface area contributed by atoms with E-state index in [0.717, 1.165) is 0 Å². The SMILES string of the molecule is Cn1nnc(CNn2cccc2)n1. The lowest BCUT2D eigenvalue weighted by Crippen LogP contribution is -2.12. The zero-order valence-corrected chi connectivity index (χ0v) is 7.25. The zero-order chi connectivity index (χ0) is 9.10. The van der Waals surface area contributed by atoms with Crippen molar-refractivity contribution in [3.63, 3.8) is 0 Å². The van der Waals surface area contributed by atoms with Gasteiger partial charge in [-0.3, -0.25) is 4.68 Å². The summed E-state index contributed by atoms with van der Waals surface area (Å²) in [5.74, 6) is 0.677. The highest BCUT2D eigenvalue weighted by Gasteiger charge is 1.97. The van der Waals surface area contributed by atoms with Crippen molar-refractivity contribution in [1.29, 1.82) is 0 Å². The van der Waals surface area contributed by atoms with E-state index in [1.807, 2.05) is 29.2 Å². The van der Waals surface area contributed by atoms with Gasteiger partial charge in [0, 0.05) is 12.4 Å². The van der Waals surface area contributed by atoms with Gasteiger partial charge in [-0.05, 0) is 17.3 Å². The van der Waals surface area contributed by atoms with Gasteiger partial charge in [-0.15, -0.1) is 10.2 Å². The summed E-state index contributed by atoms with van der Waals surface area (Å²) in [6, 6.07) is 3.88. The van der Waals surface area contributed by atoms with Gasteiger partial charge in [0.15, 0.2) is 5.82 Å². The Kier molecular flexibility index (Phi) is 1.95. The number of aromatic nitrogens is 5. The smallest absolute Gasteiger partial charge is 0.195 e. The Morgan fingerprint density at radius 1 is 1.38 bits per heavy atom. The van der Waals surface area contributed by atoms with E-state index in [1.54, 1.807) is 7.05 Å². The molecule has 0 aliphatic carbocycles. The van der Waals surface area contributed by atoms with Gasteiger partial charge >= 0.3 is 0 Å². The van der Waals surface area contributed by atoms with Crippen LogP contribution in [0.1, 0.15) is 5.82 Å².